The van der Waals surface area contributed by atoms with E-state index in [0.29, 0.717) is 31.2 Å². The van der Waals surface area contributed by atoms with Gasteiger partial charge in [-0.25, -0.2) is 4.39 Å². The quantitative estimate of drug-likeness (QED) is 0.582. The number of hydrogen-bond donors (Lipinski definition) is 1. The molecular formula is C13H17ClFNO2. The van der Waals surface area contributed by atoms with E-state index in [9.17, 15) is 9.18 Å². The van der Waals surface area contributed by atoms with Crippen LogP contribution in [-0.4, -0.2) is 31.5 Å². The van der Waals surface area contributed by atoms with Crippen molar-refractivity contribution in [1.29, 1.82) is 0 Å². The van der Waals surface area contributed by atoms with Crippen molar-refractivity contribution in [3.8, 4) is 0 Å². The summed E-state index contributed by atoms with van der Waals surface area (Å²) in [7, 11) is 0. The summed E-state index contributed by atoms with van der Waals surface area (Å²) in [6, 6.07) is 6.04. The molecule has 0 atom stereocenters. The highest BCUT2D eigenvalue weighted by molar-refractivity contribution is 6.17. The number of ether oxygens (including phenoxy) is 1. The zero-order valence-electron chi connectivity index (χ0n) is 10.1. The second kappa shape index (κ2) is 8.89. The SMILES string of the molecule is O=C(Cc1cccc(F)c1)NCCCOCCCl. The largest absolute Gasteiger partial charge is 0.380 e. The molecule has 1 aromatic rings. The van der Waals surface area contributed by atoms with Crippen LogP contribution in [0.1, 0.15) is 12.0 Å². The van der Waals surface area contributed by atoms with Crippen molar-refractivity contribution in [2.24, 2.45) is 0 Å². The van der Waals surface area contributed by atoms with Gasteiger partial charge in [-0.3, -0.25) is 4.79 Å². The Morgan fingerprint density at radius 1 is 1.39 bits per heavy atom. The lowest BCUT2D eigenvalue weighted by molar-refractivity contribution is -0.120. The smallest absolute Gasteiger partial charge is 0.224 e. The Morgan fingerprint density at radius 2 is 2.22 bits per heavy atom. The molecule has 0 unspecified atom stereocenters. The Labute approximate surface area is 111 Å². The molecule has 0 saturated carbocycles. The highest BCUT2D eigenvalue weighted by Gasteiger charge is 2.03. The molecule has 3 nitrogen and oxygen atoms in total. The summed E-state index contributed by atoms with van der Waals surface area (Å²) in [6.45, 7) is 1.65. The minimum Gasteiger partial charge on any atom is -0.380 e. The molecule has 0 spiro atoms. The first-order valence-corrected chi connectivity index (χ1v) is 6.40. The second-order valence-corrected chi connectivity index (χ2v) is 4.19. The number of benzene rings is 1. The first kappa shape index (κ1) is 14.9. The van der Waals surface area contributed by atoms with Gasteiger partial charge in [0.15, 0.2) is 0 Å². The van der Waals surface area contributed by atoms with E-state index in [1.807, 2.05) is 0 Å². The van der Waals surface area contributed by atoms with Gasteiger partial charge in [0.25, 0.3) is 0 Å². The van der Waals surface area contributed by atoms with Gasteiger partial charge in [0.05, 0.1) is 13.0 Å². The van der Waals surface area contributed by atoms with Crippen molar-refractivity contribution in [1.82, 2.24) is 5.32 Å². The first-order chi connectivity index (χ1) is 8.72. The third-order valence-electron chi connectivity index (χ3n) is 2.26. The maximum atomic E-state index is 12.9. The maximum absolute atomic E-state index is 12.9. The van der Waals surface area contributed by atoms with Crippen LogP contribution < -0.4 is 5.32 Å². The molecule has 0 aliphatic carbocycles. The van der Waals surface area contributed by atoms with Gasteiger partial charge in [0.2, 0.25) is 5.91 Å². The van der Waals surface area contributed by atoms with Crippen LogP contribution >= 0.6 is 11.6 Å². The molecule has 0 aliphatic heterocycles. The molecule has 0 bridgehead atoms. The maximum Gasteiger partial charge on any atom is 0.224 e. The lowest BCUT2D eigenvalue weighted by atomic mass is 10.1. The summed E-state index contributed by atoms with van der Waals surface area (Å²) in [6.07, 6.45) is 0.937. The molecule has 5 heteroatoms. The first-order valence-electron chi connectivity index (χ1n) is 5.87. The van der Waals surface area contributed by atoms with E-state index >= 15 is 0 Å². The van der Waals surface area contributed by atoms with Gasteiger partial charge in [-0.05, 0) is 24.1 Å². The summed E-state index contributed by atoms with van der Waals surface area (Å²) < 4.78 is 18.0. The Morgan fingerprint density at radius 3 is 2.94 bits per heavy atom. The summed E-state index contributed by atoms with van der Waals surface area (Å²) in [5.74, 6) is 0.0408. The van der Waals surface area contributed by atoms with E-state index in [1.54, 1.807) is 12.1 Å². The number of carbonyl (C=O) groups is 1. The fourth-order valence-corrected chi connectivity index (χ4v) is 1.56. The van der Waals surface area contributed by atoms with Crippen LogP contribution in [0, 0.1) is 5.82 Å². The summed E-state index contributed by atoms with van der Waals surface area (Å²) in [4.78, 5) is 11.5. The summed E-state index contributed by atoms with van der Waals surface area (Å²) in [5.41, 5.74) is 0.672. The molecule has 1 aromatic carbocycles. The van der Waals surface area contributed by atoms with E-state index < -0.39 is 0 Å². The lowest BCUT2D eigenvalue weighted by Crippen LogP contribution is -2.26. The van der Waals surface area contributed by atoms with E-state index in [0.717, 1.165) is 6.42 Å². The molecule has 0 aromatic heterocycles. The predicted molar refractivity (Wildman–Crippen MR) is 69.3 cm³/mol. The standard InChI is InChI=1S/C13H17ClFNO2/c14-5-8-18-7-2-6-16-13(17)10-11-3-1-4-12(15)9-11/h1,3-4,9H,2,5-8,10H2,(H,16,17). The van der Waals surface area contributed by atoms with Gasteiger partial charge in [-0.1, -0.05) is 12.1 Å². The number of nitrogens with one attached hydrogen (secondary N) is 1. The van der Waals surface area contributed by atoms with E-state index in [-0.39, 0.29) is 18.1 Å². The molecule has 18 heavy (non-hydrogen) atoms. The lowest BCUT2D eigenvalue weighted by Gasteiger charge is -2.05. The molecular weight excluding hydrogens is 257 g/mol. The Bertz CT molecular complexity index is 374. The molecule has 0 saturated heterocycles. The van der Waals surface area contributed by atoms with Crippen LogP contribution in [0.2, 0.25) is 0 Å². The average molecular weight is 274 g/mol. The number of rotatable bonds is 8. The number of halogens is 2. The molecule has 0 radical (unpaired) electrons. The minimum atomic E-state index is -0.324. The van der Waals surface area contributed by atoms with Gasteiger partial charge >= 0.3 is 0 Å². The van der Waals surface area contributed by atoms with E-state index in [2.05, 4.69) is 5.32 Å². The fraction of sp³-hybridized carbons (Fsp3) is 0.462. The zero-order valence-corrected chi connectivity index (χ0v) is 10.9. The molecule has 0 aliphatic rings. The normalized spacial score (nSPS) is 10.3. The van der Waals surface area contributed by atoms with Crippen molar-refractivity contribution in [2.45, 2.75) is 12.8 Å². The average Bonchev–Trinajstić information content (AvgIpc) is 2.33. The van der Waals surface area contributed by atoms with Crippen LogP contribution in [0.5, 0.6) is 0 Å². The number of alkyl halides is 1. The second-order valence-electron chi connectivity index (χ2n) is 3.81. The van der Waals surface area contributed by atoms with Crippen molar-refractivity contribution in [3.05, 3.63) is 35.6 Å². The topological polar surface area (TPSA) is 38.3 Å². The van der Waals surface area contributed by atoms with Crippen LogP contribution in [0.25, 0.3) is 0 Å². The molecule has 1 rings (SSSR count). The van der Waals surface area contributed by atoms with Crippen molar-refractivity contribution in [3.63, 3.8) is 0 Å². The van der Waals surface area contributed by atoms with Gasteiger partial charge in [-0.15, -0.1) is 11.6 Å². The predicted octanol–water partition coefficient (Wildman–Crippen LogP) is 2.13. The van der Waals surface area contributed by atoms with Crippen molar-refractivity contribution >= 4 is 17.5 Å². The summed E-state index contributed by atoms with van der Waals surface area (Å²) in [5, 5.41) is 2.75. The van der Waals surface area contributed by atoms with E-state index in [4.69, 9.17) is 16.3 Å². The Kier molecular flexibility index (Phi) is 7.37. The molecule has 0 heterocycles. The van der Waals surface area contributed by atoms with Gasteiger partial charge in [-0.2, -0.15) is 0 Å². The highest BCUT2D eigenvalue weighted by Crippen LogP contribution is 2.03. The monoisotopic (exact) mass is 273 g/mol. The highest BCUT2D eigenvalue weighted by atomic mass is 35.5. The minimum absolute atomic E-state index is 0.113. The van der Waals surface area contributed by atoms with Crippen LogP contribution in [0.3, 0.4) is 0 Å². The van der Waals surface area contributed by atoms with Gasteiger partial charge < -0.3 is 10.1 Å². The van der Waals surface area contributed by atoms with Crippen molar-refractivity contribution in [2.75, 3.05) is 25.6 Å². The molecule has 1 amide bonds. The summed E-state index contributed by atoms with van der Waals surface area (Å²) >= 11 is 5.44. The van der Waals surface area contributed by atoms with Crippen LogP contribution in [0.15, 0.2) is 24.3 Å². The molecule has 0 fully saturated rings. The molecule has 100 valence electrons. The number of carbonyl (C=O) groups excluding carboxylic acids is 1. The van der Waals surface area contributed by atoms with Crippen LogP contribution in [0.4, 0.5) is 4.39 Å². The van der Waals surface area contributed by atoms with Gasteiger partial charge in [0.1, 0.15) is 5.82 Å². The zero-order chi connectivity index (χ0) is 13.2. The fourth-order valence-electron chi connectivity index (χ4n) is 1.45. The van der Waals surface area contributed by atoms with Crippen molar-refractivity contribution < 1.29 is 13.9 Å². The number of amides is 1. The molecule has 1 N–H and O–H groups in total. The third-order valence-corrected chi connectivity index (χ3v) is 2.42. The van der Waals surface area contributed by atoms with Crippen LogP contribution in [-0.2, 0) is 16.0 Å². The van der Waals surface area contributed by atoms with Gasteiger partial charge in [0, 0.05) is 19.0 Å². The number of hydrogen-bond acceptors (Lipinski definition) is 2. The van der Waals surface area contributed by atoms with E-state index in [1.165, 1.54) is 12.1 Å². The Hall–Kier alpha value is -1.13. The Balaban J connectivity index is 2.14. The third kappa shape index (κ3) is 6.57.